The molecule has 2 N–H and O–H groups in total. The third kappa shape index (κ3) is 5.27. The van der Waals surface area contributed by atoms with Gasteiger partial charge in [0.2, 0.25) is 5.91 Å². The van der Waals surface area contributed by atoms with Gasteiger partial charge >= 0.3 is 5.97 Å². The van der Waals surface area contributed by atoms with E-state index in [0.717, 1.165) is 11.3 Å². The van der Waals surface area contributed by atoms with Gasteiger partial charge in [-0.2, -0.15) is 0 Å². The van der Waals surface area contributed by atoms with E-state index in [9.17, 15) is 14.7 Å². The molecule has 1 aromatic carbocycles. The Morgan fingerprint density at radius 1 is 1.35 bits per heavy atom. The molecule has 0 spiro atoms. The van der Waals surface area contributed by atoms with E-state index >= 15 is 0 Å². The number of methoxy groups -OCH3 is 2. The number of hydrogen-bond donors (Lipinski definition) is 2. The second-order valence-electron chi connectivity index (χ2n) is 4.19. The second-order valence-corrected chi connectivity index (χ2v) is 4.19. The van der Waals surface area contributed by atoms with E-state index in [1.165, 1.54) is 7.11 Å². The number of esters is 1. The van der Waals surface area contributed by atoms with E-state index < -0.39 is 12.1 Å². The fraction of sp³-hybridized carbons (Fsp3) is 0.429. The number of hydrogen-bond acceptors (Lipinski definition) is 5. The van der Waals surface area contributed by atoms with Crippen LogP contribution in [0.4, 0.5) is 0 Å². The molecule has 0 aromatic heterocycles. The molecular formula is C14H19NO5. The minimum absolute atomic E-state index is 0.149. The predicted octanol–water partition coefficient (Wildman–Crippen LogP) is 0.278. The molecule has 0 radical (unpaired) electrons. The van der Waals surface area contributed by atoms with Gasteiger partial charge in [0.15, 0.2) is 6.10 Å². The molecule has 6 nitrogen and oxygen atoms in total. The number of benzene rings is 1. The molecule has 6 heteroatoms. The zero-order chi connectivity index (χ0) is 15.0. The highest BCUT2D eigenvalue weighted by Gasteiger charge is 2.15. The van der Waals surface area contributed by atoms with E-state index in [1.807, 2.05) is 24.3 Å². The van der Waals surface area contributed by atoms with Crippen LogP contribution in [0.3, 0.4) is 0 Å². The lowest BCUT2D eigenvalue weighted by Gasteiger charge is -2.10. The SMILES string of the molecule is COC(=O)C(O)CNC(=O)CCc1cccc(OC)c1. The van der Waals surface area contributed by atoms with Crippen molar-refractivity contribution in [2.75, 3.05) is 20.8 Å². The van der Waals surface area contributed by atoms with Crippen molar-refractivity contribution >= 4 is 11.9 Å². The van der Waals surface area contributed by atoms with Gasteiger partial charge in [-0.05, 0) is 24.1 Å². The van der Waals surface area contributed by atoms with Gasteiger partial charge in [-0.25, -0.2) is 4.79 Å². The largest absolute Gasteiger partial charge is 0.497 e. The van der Waals surface area contributed by atoms with E-state index in [0.29, 0.717) is 6.42 Å². The van der Waals surface area contributed by atoms with E-state index in [1.54, 1.807) is 7.11 Å². The van der Waals surface area contributed by atoms with Crippen molar-refractivity contribution < 1.29 is 24.2 Å². The van der Waals surface area contributed by atoms with Crippen molar-refractivity contribution in [2.45, 2.75) is 18.9 Å². The van der Waals surface area contributed by atoms with E-state index in [4.69, 9.17) is 4.74 Å². The van der Waals surface area contributed by atoms with Gasteiger partial charge in [0, 0.05) is 6.42 Å². The molecule has 0 heterocycles. The van der Waals surface area contributed by atoms with Crippen LogP contribution in [0.15, 0.2) is 24.3 Å². The van der Waals surface area contributed by atoms with Gasteiger partial charge in [-0.3, -0.25) is 4.79 Å². The fourth-order valence-electron chi connectivity index (χ4n) is 1.60. The Morgan fingerprint density at radius 2 is 2.10 bits per heavy atom. The summed E-state index contributed by atoms with van der Waals surface area (Å²) in [6.45, 7) is -0.149. The maximum atomic E-state index is 11.6. The summed E-state index contributed by atoms with van der Waals surface area (Å²) in [6.07, 6.45) is -0.515. The quantitative estimate of drug-likeness (QED) is 0.701. The van der Waals surface area contributed by atoms with Crippen molar-refractivity contribution in [2.24, 2.45) is 0 Å². The fourth-order valence-corrected chi connectivity index (χ4v) is 1.60. The minimum Gasteiger partial charge on any atom is -0.497 e. The number of aliphatic hydroxyl groups excluding tert-OH is 1. The van der Waals surface area contributed by atoms with Crippen molar-refractivity contribution in [1.29, 1.82) is 0 Å². The summed E-state index contributed by atoms with van der Waals surface area (Å²) in [6, 6.07) is 7.44. The molecule has 1 aromatic rings. The highest BCUT2D eigenvalue weighted by molar-refractivity contribution is 5.78. The number of aryl methyl sites for hydroxylation is 1. The number of rotatable bonds is 7. The summed E-state index contributed by atoms with van der Waals surface area (Å²) in [4.78, 5) is 22.5. The number of carbonyl (C=O) groups is 2. The van der Waals surface area contributed by atoms with Crippen LogP contribution < -0.4 is 10.1 Å². The third-order valence-electron chi connectivity index (χ3n) is 2.74. The number of aliphatic hydroxyl groups is 1. The molecule has 0 aliphatic rings. The predicted molar refractivity (Wildman–Crippen MR) is 72.3 cm³/mol. The number of carbonyl (C=O) groups excluding carboxylic acids is 2. The Morgan fingerprint density at radius 3 is 2.75 bits per heavy atom. The smallest absolute Gasteiger partial charge is 0.336 e. The lowest BCUT2D eigenvalue weighted by Crippen LogP contribution is -2.37. The number of nitrogens with one attached hydrogen (secondary N) is 1. The van der Waals surface area contributed by atoms with Gasteiger partial charge < -0.3 is 19.9 Å². The first-order chi connectivity index (χ1) is 9.56. The summed E-state index contributed by atoms with van der Waals surface area (Å²) in [5, 5.41) is 11.8. The number of ether oxygens (including phenoxy) is 2. The Hall–Kier alpha value is -2.08. The lowest BCUT2D eigenvalue weighted by molar-refractivity contribution is -0.150. The Balaban J connectivity index is 2.34. The second kappa shape index (κ2) is 8.16. The third-order valence-corrected chi connectivity index (χ3v) is 2.74. The van der Waals surface area contributed by atoms with E-state index in [-0.39, 0.29) is 18.9 Å². The summed E-state index contributed by atoms with van der Waals surface area (Å²) in [5.41, 5.74) is 0.980. The van der Waals surface area contributed by atoms with Gasteiger partial charge in [0.05, 0.1) is 20.8 Å². The molecular weight excluding hydrogens is 262 g/mol. The van der Waals surface area contributed by atoms with Crippen LogP contribution in [0, 0.1) is 0 Å². The lowest BCUT2D eigenvalue weighted by atomic mass is 10.1. The monoisotopic (exact) mass is 281 g/mol. The standard InChI is InChI=1S/C14H19NO5/c1-19-11-5-3-4-10(8-11)6-7-13(17)15-9-12(16)14(18)20-2/h3-5,8,12,16H,6-7,9H2,1-2H3,(H,15,17). The van der Waals surface area contributed by atoms with Crippen LogP contribution in [0.25, 0.3) is 0 Å². The molecule has 0 saturated carbocycles. The summed E-state index contributed by atoms with van der Waals surface area (Å²) < 4.78 is 9.44. The highest BCUT2D eigenvalue weighted by Crippen LogP contribution is 2.13. The molecule has 0 fully saturated rings. The molecule has 0 bridgehead atoms. The van der Waals surface area contributed by atoms with Crippen molar-refractivity contribution in [3.63, 3.8) is 0 Å². The van der Waals surface area contributed by atoms with Crippen molar-refractivity contribution in [3.8, 4) is 5.75 Å². The van der Waals surface area contributed by atoms with Crippen molar-refractivity contribution in [3.05, 3.63) is 29.8 Å². The first-order valence-electron chi connectivity index (χ1n) is 6.22. The normalized spacial score (nSPS) is 11.6. The van der Waals surface area contributed by atoms with Crippen LogP contribution in [0.2, 0.25) is 0 Å². The maximum Gasteiger partial charge on any atom is 0.336 e. The Kier molecular flexibility index (Phi) is 6.52. The van der Waals surface area contributed by atoms with Crippen LogP contribution in [0.5, 0.6) is 5.75 Å². The maximum absolute atomic E-state index is 11.6. The zero-order valence-electron chi connectivity index (χ0n) is 11.6. The molecule has 1 unspecified atom stereocenters. The summed E-state index contributed by atoms with van der Waals surface area (Å²) in [5.74, 6) is -0.266. The average Bonchev–Trinajstić information content (AvgIpc) is 2.49. The average molecular weight is 281 g/mol. The Bertz CT molecular complexity index is 461. The van der Waals surface area contributed by atoms with Gasteiger partial charge in [-0.15, -0.1) is 0 Å². The van der Waals surface area contributed by atoms with Crippen LogP contribution in [0.1, 0.15) is 12.0 Å². The molecule has 1 atom stereocenters. The van der Waals surface area contributed by atoms with Gasteiger partial charge in [0.25, 0.3) is 0 Å². The topological polar surface area (TPSA) is 84.9 Å². The molecule has 0 saturated heterocycles. The first-order valence-corrected chi connectivity index (χ1v) is 6.22. The van der Waals surface area contributed by atoms with E-state index in [2.05, 4.69) is 10.1 Å². The zero-order valence-corrected chi connectivity index (χ0v) is 11.6. The molecule has 0 aliphatic carbocycles. The van der Waals surface area contributed by atoms with Crippen molar-refractivity contribution in [1.82, 2.24) is 5.32 Å². The van der Waals surface area contributed by atoms with Gasteiger partial charge in [0.1, 0.15) is 5.75 Å². The molecule has 0 aliphatic heterocycles. The highest BCUT2D eigenvalue weighted by atomic mass is 16.5. The summed E-state index contributed by atoms with van der Waals surface area (Å²) in [7, 11) is 2.76. The van der Waals surface area contributed by atoms with Crippen LogP contribution in [-0.4, -0.2) is 43.9 Å². The molecule has 1 rings (SSSR count). The minimum atomic E-state index is -1.33. The molecule has 20 heavy (non-hydrogen) atoms. The van der Waals surface area contributed by atoms with Crippen LogP contribution >= 0.6 is 0 Å². The number of amides is 1. The summed E-state index contributed by atoms with van der Waals surface area (Å²) >= 11 is 0. The molecule has 110 valence electrons. The van der Waals surface area contributed by atoms with Crippen LogP contribution in [-0.2, 0) is 20.7 Å². The first kappa shape index (κ1) is 16.0. The van der Waals surface area contributed by atoms with Gasteiger partial charge in [-0.1, -0.05) is 12.1 Å². The Labute approximate surface area is 117 Å². The molecule has 1 amide bonds.